The van der Waals surface area contributed by atoms with Crippen molar-refractivity contribution >= 4 is 11.8 Å². The van der Waals surface area contributed by atoms with Crippen LogP contribution in [0, 0.1) is 26.7 Å². The van der Waals surface area contributed by atoms with Crippen LogP contribution in [0.25, 0.3) is 11.4 Å². The molecule has 0 radical (unpaired) electrons. The Morgan fingerprint density at radius 1 is 1.08 bits per heavy atom. The van der Waals surface area contributed by atoms with Crippen LogP contribution in [0.4, 0.5) is 5.82 Å². The van der Waals surface area contributed by atoms with Crippen molar-refractivity contribution in [1.29, 1.82) is 0 Å². The lowest BCUT2D eigenvalue weighted by Crippen LogP contribution is -2.37. The van der Waals surface area contributed by atoms with Crippen LogP contribution in [0.2, 0.25) is 0 Å². The fourth-order valence-corrected chi connectivity index (χ4v) is 3.09. The van der Waals surface area contributed by atoms with Crippen LogP contribution in [0.5, 0.6) is 0 Å². The van der Waals surface area contributed by atoms with Crippen LogP contribution in [-0.2, 0) is 4.79 Å². The fourth-order valence-electron chi connectivity index (χ4n) is 3.09. The maximum atomic E-state index is 11.1. The lowest BCUT2D eigenvalue weighted by molar-refractivity contribution is -0.142. The summed E-state index contributed by atoms with van der Waals surface area (Å²) in [7, 11) is 0. The highest BCUT2D eigenvalue weighted by molar-refractivity contribution is 5.70. The molecule has 0 aliphatic carbocycles. The quantitative estimate of drug-likeness (QED) is 0.937. The van der Waals surface area contributed by atoms with E-state index in [1.54, 1.807) is 0 Å². The molecule has 0 unspecified atom stereocenters. The van der Waals surface area contributed by atoms with Gasteiger partial charge in [0.25, 0.3) is 0 Å². The predicted octanol–water partition coefficient (Wildman–Crippen LogP) is 3.37. The Bertz CT molecular complexity index is 748. The average Bonchev–Trinajstić information content (AvgIpc) is 2.58. The van der Waals surface area contributed by atoms with E-state index in [9.17, 15) is 4.79 Å². The molecule has 5 nitrogen and oxygen atoms in total. The highest BCUT2D eigenvalue weighted by Gasteiger charge is 2.26. The molecule has 5 heteroatoms. The van der Waals surface area contributed by atoms with Crippen LogP contribution in [0.15, 0.2) is 24.3 Å². The van der Waals surface area contributed by atoms with E-state index in [1.165, 1.54) is 5.56 Å². The van der Waals surface area contributed by atoms with Crippen LogP contribution >= 0.6 is 0 Å². The SMILES string of the molecule is Cc1ccc(-c2nc(C)c(C)c(N3CCC(C(=O)O)CC3)n2)cc1. The topological polar surface area (TPSA) is 66.3 Å². The van der Waals surface area contributed by atoms with Crippen LogP contribution < -0.4 is 4.90 Å². The second-order valence-corrected chi connectivity index (χ2v) is 6.55. The van der Waals surface area contributed by atoms with Crippen molar-refractivity contribution in [3.63, 3.8) is 0 Å². The monoisotopic (exact) mass is 325 g/mol. The summed E-state index contributed by atoms with van der Waals surface area (Å²) in [6.07, 6.45) is 1.33. The summed E-state index contributed by atoms with van der Waals surface area (Å²) < 4.78 is 0. The number of aliphatic carboxylic acids is 1. The fraction of sp³-hybridized carbons (Fsp3) is 0.421. The molecular formula is C19H23N3O2. The first-order chi connectivity index (χ1) is 11.5. The highest BCUT2D eigenvalue weighted by Crippen LogP contribution is 2.28. The Morgan fingerprint density at radius 2 is 1.71 bits per heavy atom. The van der Waals surface area contributed by atoms with Gasteiger partial charge in [0.05, 0.1) is 5.92 Å². The van der Waals surface area contributed by atoms with Gasteiger partial charge in [-0.3, -0.25) is 4.79 Å². The van der Waals surface area contributed by atoms with Gasteiger partial charge in [0.2, 0.25) is 0 Å². The second kappa shape index (κ2) is 6.59. The molecule has 1 aromatic carbocycles. The summed E-state index contributed by atoms with van der Waals surface area (Å²) in [5.41, 5.74) is 4.25. The molecule has 3 rings (SSSR count). The number of carboxylic acid groups (broad SMARTS) is 1. The van der Waals surface area contributed by atoms with E-state index in [0.29, 0.717) is 12.8 Å². The van der Waals surface area contributed by atoms with Crippen molar-refractivity contribution < 1.29 is 9.90 Å². The van der Waals surface area contributed by atoms with E-state index in [1.807, 2.05) is 26.0 Å². The molecule has 1 fully saturated rings. The van der Waals surface area contributed by atoms with Crippen LogP contribution in [-0.4, -0.2) is 34.1 Å². The molecule has 1 aliphatic heterocycles. The maximum absolute atomic E-state index is 11.1. The minimum atomic E-state index is -0.689. The minimum Gasteiger partial charge on any atom is -0.481 e. The van der Waals surface area contributed by atoms with Crippen molar-refractivity contribution in [1.82, 2.24) is 9.97 Å². The van der Waals surface area contributed by atoms with Crippen molar-refractivity contribution in [3.05, 3.63) is 41.1 Å². The number of nitrogens with zero attached hydrogens (tertiary/aromatic N) is 3. The normalized spacial score (nSPS) is 15.5. The van der Waals surface area contributed by atoms with Gasteiger partial charge in [-0.1, -0.05) is 29.8 Å². The van der Waals surface area contributed by atoms with Crippen LogP contribution in [0.1, 0.15) is 29.7 Å². The van der Waals surface area contributed by atoms with Gasteiger partial charge in [-0.2, -0.15) is 0 Å². The summed E-state index contributed by atoms with van der Waals surface area (Å²) in [6, 6.07) is 8.21. The molecule has 24 heavy (non-hydrogen) atoms. The van der Waals surface area contributed by atoms with Crippen LogP contribution in [0.3, 0.4) is 0 Å². The molecule has 0 amide bonds. The number of aromatic nitrogens is 2. The van der Waals surface area contributed by atoms with E-state index in [4.69, 9.17) is 10.1 Å². The van der Waals surface area contributed by atoms with Gasteiger partial charge >= 0.3 is 5.97 Å². The first-order valence-electron chi connectivity index (χ1n) is 8.35. The number of aryl methyl sites for hydroxylation is 2. The Hall–Kier alpha value is -2.43. The molecule has 0 bridgehead atoms. The van der Waals surface area contributed by atoms with E-state index in [0.717, 1.165) is 41.6 Å². The number of benzene rings is 1. The third-order valence-electron chi connectivity index (χ3n) is 4.82. The largest absolute Gasteiger partial charge is 0.481 e. The molecular weight excluding hydrogens is 302 g/mol. The van der Waals surface area contributed by atoms with Gasteiger partial charge in [-0.05, 0) is 33.6 Å². The molecule has 1 aromatic heterocycles. The molecule has 126 valence electrons. The Morgan fingerprint density at radius 3 is 2.29 bits per heavy atom. The standard InChI is InChI=1S/C19H23N3O2/c1-12-4-6-15(7-5-12)17-20-14(3)13(2)18(21-17)22-10-8-16(9-11-22)19(23)24/h4-7,16H,8-11H2,1-3H3,(H,23,24). The van der Waals surface area contributed by atoms with Gasteiger partial charge in [-0.25, -0.2) is 9.97 Å². The van der Waals surface area contributed by atoms with Gasteiger partial charge < -0.3 is 10.0 Å². The average molecular weight is 325 g/mol. The Labute approximate surface area is 142 Å². The predicted molar refractivity (Wildman–Crippen MR) is 94.3 cm³/mol. The molecule has 0 saturated carbocycles. The molecule has 1 N–H and O–H groups in total. The number of anilines is 1. The zero-order chi connectivity index (χ0) is 17.3. The van der Waals surface area contributed by atoms with Gasteiger partial charge in [0.15, 0.2) is 5.82 Å². The maximum Gasteiger partial charge on any atom is 0.306 e. The summed E-state index contributed by atoms with van der Waals surface area (Å²) in [6.45, 7) is 7.54. The molecule has 2 heterocycles. The number of carboxylic acids is 1. The summed E-state index contributed by atoms with van der Waals surface area (Å²) in [5.74, 6) is 0.738. The van der Waals surface area contributed by atoms with Crippen molar-refractivity contribution in [2.75, 3.05) is 18.0 Å². The Balaban J connectivity index is 1.91. The second-order valence-electron chi connectivity index (χ2n) is 6.55. The third kappa shape index (κ3) is 3.25. The van der Waals surface area contributed by atoms with E-state index in [-0.39, 0.29) is 5.92 Å². The van der Waals surface area contributed by atoms with Crippen molar-refractivity contribution in [2.24, 2.45) is 5.92 Å². The van der Waals surface area contributed by atoms with Crippen molar-refractivity contribution in [3.8, 4) is 11.4 Å². The van der Waals surface area contributed by atoms with E-state index >= 15 is 0 Å². The molecule has 1 saturated heterocycles. The zero-order valence-corrected chi connectivity index (χ0v) is 14.4. The summed E-state index contributed by atoms with van der Waals surface area (Å²) >= 11 is 0. The lowest BCUT2D eigenvalue weighted by Gasteiger charge is -2.32. The first-order valence-corrected chi connectivity index (χ1v) is 8.35. The number of hydrogen-bond acceptors (Lipinski definition) is 4. The number of piperidine rings is 1. The first kappa shape index (κ1) is 16.4. The van der Waals surface area contributed by atoms with Gasteiger partial charge in [0, 0.05) is 29.9 Å². The zero-order valence-electron chi connectivity index (χ0n) is 14.4. The van der Waals surface area contributed by atoms with E-state index in [2.05, 4.69) is 28.9 Å². The number of carbonyl (C=O) groups is 1. The summed E-state index contributed by atoms with van der Waals surface area (Å²) in [5, 5.41) is 9.16. The molecule has 2 aromatic rings. The Kier molecular flexibility index (Phi) is 4.51. The summed E-state index contributed by atoms with van der Waals surface area (Å²) in [4.78, 5) is 22.8. The molecule has 1 aliphatic rings. The van der Waals surface area contributed by atoms with E-state index < -0.39 is 5.97 Å². The minimum absolute atomic E-state index is 0.235. The van der Waals surface area contributed by atoms with Gasteiger partial charge in [0.1, 0.15) is 5.82 Å². The lowest BCUT2D eigenvalue weighted by atomic mass is 9.97. The highest BCUT2D eigenvalue weighted by atomic mass is 16.4. The number of rotatable bonds is 3. The smallest absolute Gasteiger partial charge is 0.306 e. The van der Waals surface area contributed by atoms with Crippen molar-refractivity contribution in [2.45, 2.75) is 33.6 Å². The third-order valence-corrected chi connectivity index (χ3v) is 4.82. The number of hydrogen-bond donors (Lipinski definition) is 1. The molecule has 0 atom stereocenters. The van der Waals surface area contributed by atoms with Gasteiger partial charge in [-0.15, -0.1) is 0 Å². The molecule has 0 spiro atoms.